The van der Waals surface area contributed by atoms with E-state index in [2.05, 4.69) is 10.2 Å². The minimum absolute atomic E-state index is 0.0277. The molecule has 37 heavy (non-hydrogen) atoms. The van der Waals surface area contributed by atoms with Crippen molar-refractivity contribution in [1.29, 1.82) is 0 Å². The van der Waals surface area contributed by atoms with Gasteiger partial charge in [-0.2, -0.15) is 0 Å². The normalized spacial score (nSPS) is 13.5. The molecule has 4 rings (SSSR count). The van der Waals surface area contributed by atoms with Crippen molar-refractivity contribution < 1.29 is 14.3 Å². The second kappa shape index (κ2) is 11.8. The Morgan fingerprint density at radius 3 is 2.05 bits per heavy atom. The van der Waals surface area contributed by atoms with Crippen LogP contribution in [0.15, 0.2) is 48.5 Å². The summed E-state index contributed by atoms with van der Waals surface area (Å²) in [6.07, 6.45) is 0. The van der Waals surface area contributed by atoms with E-state index < -0.39 is 0 Å². The second-order valence-electron chi connectivity index (χ2n) is 8.66. The summed E-state index contributed by atoms with van der Waals surface area (Å²) in [4.78, 5) is 29.6. The molecule has 1 heterocycles. The summed E-state index contributed by atoms with van der Waals surface area (Å²) in [6, 6.07) is 14.4. The van der Waals surface area contributed by atoms with Gasteiger partial charge in [-0.25, -0.2) is 0 Å². The Labute approximate surface area is 236 Å². The van der Waals surface area contributed by atoms with Gasteiger partial charge in [0.05, 0.1) is 21.4 Å². The van der Waals surface area contributed by atoms with Crippen molar-refractivity contribution in [2.24, 2.45) is 0 Å². The number of nitrogens with zero attached hydrogens (tertiary/aromatic N) is 2. The smallest absolute Gasteiger partial charge is 0.262 e. The fourth-order valence-electron chi connectivity index (χ4n) is 4.14. The molecule has 2 amide bonds. The molecule has 3 aromatic carbocycles. The summed E-state index contributed by atoms with van der Waals surface area (Å²) in [5, 5.41) is 4.53. The number of nitrogens with one attached hydrogen (secondary N) is 1. The first-order valence-corrected chi connectivity index (χ1v) is 13.1. The number of amides is 2. The zero-order valence-corrected chi connectivity index (χ0v) is 23.3. The summed E-state index contributed by atoms with van der Waals surface area (Å²) in [7, 11) is 0. The number of hydrogen-bond donors (Lipinski definition) is 1. The average Bonchev–Trinajstić information content (AvgIpc) is 2.91. The van der Waals surface area contributed by atoms with Crippen LogP contribution in [0.25, 0.3) is 0 Å². The molecule has 1 N–H and O–H groups in total. The highest BCUT2D eigenvalue weighted by Crippen LogP contribution is 2.42. The summed E-state index contributed by atoms with van der Waals surface area (Å²) in [5.41, 5.74) is 3.40. The number of ether oxygens (including phenoxy) is 1. The number of carbonyl (C=O) groups excluding carboxylic acids is 2. The van der Waals surface area contributed by atoms with Crippen LogP contribution in [-0.2, 0) is 4.79 Å². The van der Waals surface area contributed by atoms with Crippen LogP contribution in [0.4, 0.5) is 11.4 Å². The highest BCUT2D eigenvalue weighted by molar-refractivity contribution is 6.42. The molecule has 0 radical (unpaired) electrons. The van der Waals surface area contributed by atoms with E-state index in [4.69, 9.17) is 51.1 Å². The molecule has 10 heteroatoms. The molecule has 0 unspecified atom stereocenters. The number of halogens is 4. The van der Waals surface area contributed by atoms with Gasteiger partial charge in [-0.1, -0.05) is 58.5 Å². The molecular formula is C27H25Cl4N3O3. The number of anilines is 2. The van der Waals surface area contributed by atoms with E-state index in [1.54, 1.807) is 38.1 Å². The van der Waals surface area contributed by atoms with E-state index in [9.17, 15) is 9.59 Å². The molecule has 1 aliphatic rings. The van der Waals surface area contributed by atoms with Crippen LogP contribution in [0, 0.1) is 13.8 Å². The van der Waals surface area contributed by atoms with Gasteiger partial charge < -0.3 is 19.9 Å². The molecule has 1 aliphatic heterocycles. The van der Waals surface area contributed by atoms with E-state index in [0.717, 1.165) is 5.69 Å². The minimum Gasteiger partial charge on any atom is -0.481 e. The summed E-state index contributed by atoms with van der Waals surface area (Å²) >= 11 is 24.9. The van der Waals surface area contributed by atoms with E-state index in [-0.39, 0.29) is 34.2 Å². The largest absolute Gasteiger partial charge is 0.481 e. The average molecular weight is 581 g/mol. The molecule has 0 aliphatic carbocycles. The van der Waals surface area contributed by atoms with Crippen molar-refractivity contribution in [2.75, 3.05) is 43.0 Å². The molecular weight excluding hydrogens is 556 g/mol. The highest BCUT2D eigenvalue weighted by Gasteiger charge is 2.24. The third-order valence-corrected chi connectivity index (χ3v) is 7.97. The first-order chi connectivity index (χ1) is 17.7. The summed E-state index contributed by atoms with van der Waals surface area (Å²) < 4.78 is 5.69. The van der Waals surface area contributed by atoms with Gasteiger partial charge in [0.2, 0.25) is 0 Å². The Kier molecular flexibility index (Phi) is 8.75. The molecule has 0 atom stereocenters. The number of carbonyl (C=O) groups is 2. The van der Waals surface area contributed by atoms with Crippen molar-refractivity contribution in [2.45, 2.75) is 13.8 Å². The molecule has 1 saturated heterocycles. The Balaban J connectivity index is 1.39. The Morgan fingerprint density at radius 2 is 1.43 bits per heavy atom. The van der Waals surface area contributed by atoms with Gasteiger partial charge in [0.1, 0.15) is 0 Å². The lowest BCUT2D eigenvalue weighted by atomic mass is 10.1. The molecule has 0 saturated carbocycles. The molecule has 0 aromatic heterocycles. The van der Waals surface area contributed by atoms with Gasteiger partial charge >= 0.3 is 0 Å². The van der Waals surface area contributed by atoms with Crippen molar-refractivity contribution in [3.8, 4) is 5.75 Å². The van der Waals surface area contributed by atoms with Crippen molar-refractivity contribution in [1.82, 2.24) is 4.90 Å². The predicted octanol–water partition coefficient (Wildman–Crippen LogP) is 6.90. The standard InChI is InChI=1S/C27H25Cl4N3O3/c1-16-23(29)17(2)25(31)26(24(16)30)37-15-22(35)32-20-5-3-4-6-21(20)33-11-13-34(14-12-33)27(36)18-7-9-19(28)10-8-18/h3-10H,11-15H2,1-2H3,(H,32,35). The third kappa shape index (κ3) is 6.10. The molecule has 3 aromatic rings. The predicted molar refractivity (Wildman–Crippen MR) is 151 cm³/mol. The first-order valence-electron chi connectivity index (χ1n) is 11.6. The Morgan fingerprint density at radius 1 is 0.838 bits per heavy atom. The van der Waals surface area contributed by atoms with Crippen LogP contribution in [0.2, 0.25) is 20.1 Å². The van der Waals surface area contributed by atoms with Crippen LogP contribution >= 0.6 is 46.4 Å². The van der Waals surface area contributed by atoms with Gasteiger partial charge in [-0.05, 0) is 61.4 Å². The Bertz CT molecular complexity index is 1290. The number of hydrogen-bond acceptors (Lipinski definition) is 4. The molecule has 1 fully saturated rings. The van der Waals surface area contributed by atoms with Gasteiger partial charge in [0.25, 0.3) is 11.8 Å². The fraction of sp³-hybridized carbons (Fsp3) is 0.259. The van der Waals surface area contributed by atoms with Crippen LogP contribution in [0.1, 0.15) is 21.5 Å². The lowest BCUT2D eigenvalue weighted by Crippen LogP contribution is -2.49. The number of piperazine rings is 1. The van der Waals surface area contributed by atoms with E-state index in [0.29, 0.717) is 58.6 Å². The topological polar surface area (TPSA) is 61.9 Å². The van der Waals surface area contributed by atoms with Crippen LogP contribution in [0.3, 0.4) is 0 Å². The first kappa shape index (κ1) is 27.4. The fourth-order valence-corrected chi connectivity index (χ4v) is 5.09. The number of benzene rings is 3. The SMILES string of the molecule is Cc1c(Cl)c(C)c(Cl)c(OCC(=O)Nc2ccccc2N2CCN(C(=O)c3ccc(Cl)cc3)CC2)c1Cl. The van der Waals surface area contributed by atoms with Crippen LogP contribution in [0.5, 0.6) is 5.75 Å². The van der Waals surface area contributed by atoms with Crippen LogP contribution in [-0.4, -0.2) is 49.5 Å². The minimum atomic E-state index is -0.360. The van der Waals surface area contributed by atoms with E-state index in [1.165, 1.54) is 0 Å². The lowest BCUT2D eigenvalue weighted by molar-refractivity contribution is -0.118. The van der Waals surface area contributed by atoms with Gasteiger partial charge in [0, 0.05) is 41.8 Å². The number of rotatable bonds is 6. The Hall–Kier alpha value is -2.64. The lowest BCUT2D eigenvalue weighted by Gasteiger charge is -2.37. The van der Waals surface area contributed by atoms with Gasteiger partial charge in [0.15, 0.2) is 12.4 Å². The van der Waals surface area contributed by atoms with Gasteiger partial charge in [-0.15, -0.1) is 0 Å². The monoisotopic (exact) mass is 579 g/mol. The van der Waals surface area contributed by atoms with Crippen molar-refractivity contribution in [3.05, 3.63) is 85.3 Å². The van der Waals surface area contributed by atoms with Crippen molar-refractivity contribution in [3.63, 3.8) is 0 Å². The maximum atomic E-state index is 12.8. The van der Waals surface area contributed by atoms with Gasteiger partial charge in [-0.3, -0.25) is 9.59 Å². The van der Waals surface area contributed by atoms with Crippen LogP contribution < -0.4 is 15.0 Å². The molecule has 0 spiro atoms. The van der Waals surface area contributed by atoms with E-state index >= 15 is 0 Å². The zero-order valence-electron chi connectivity index (χ0n) is 20.3. The second-order valence-corrected chi connectivity index (χ2v) is 10.2. The van der Waals surface area contributed by atoms with Crippen molar-refractivity contribution >= 4 is 69.6 Å². The molecule has 194 valence electrons. The van der Waals surface area contributed by atoms with E-state index in [1.807, 2.05) is 29.2 Å². The zero-order chi connectivity index (χ0) is 26.7. The quantitative estimate of drug-likeness (QED) is 0.344. The highest BCUT2D eigenvalue weighted by atomic mass is 35.5. The summed E-state index contributed by atoms with van der Waals surface area (Å²) in [6.45, 7) is 5.60. The number of para-hydroxylation sites is 2. The molecule has 6 nitrogen and oxygen atoms in total. The maximum Gasteiger partial charge on any atom is 0.262 e. The molecule has 0 bridgehead atoms. The maximum absolute atomic E-state index is 12.8. The third-order valence-electron chi connectivity index (χ3n) is 6.24. The summed E-state index contributed by atoms with van der Waals surface area (Å²) in [5.74, 6) is -0.158.